The first kappa shape index (κ1) is 54.9. The molecule has 67 heavy (non-hydrogen) atoms. The van der Waals surface area contributed by atoms with Crippen LogP contribution in [-0.4, -0.2) is 80.8 Å². The van der Waals surface area contributed by atoms with Gasteiger partial charge in [0.1, 0.15) is 57.5 Å². The average molecular weight is 1000 g/mol. The summed E-state index contributed by atoms with van der Waals surface area (Å²) in [7, 11) is 13.5. The largest absolute Gasteiger partial charge is 0.496 e. The van der Waals surface area contributed by atoms with Crippen LogP contribution in [-0.2, 0) is 32.1 Å². The number of methoxy groups -OCH3 is 8. The molecule has 0 atom stereocenters. The summed E-state index contributed by atoms with van der Waals surface area (Å²) in [6.45, 7) is 5.50. The smallest absolute Gasteiger partial charge is 0.123 e. The second-order valence-corrected chi connectivity index (χ2v) is 17.1. The molecule has 14 heteroatoms. The fourth-order valence-electron chi connectivity index (χ4n) is 8.07. The Hall–Kier alpha value is -4.74. The van der Waals surface area contributed by atoms with Crippen molar-refractivity contribution in [3.63, 3.8) is 0 Å². The fraction of sp³-hybridized carbons (Fsp3) is 0.434. The van der Waals surface area contributed by atoms with Crippen molar-refractivity contribution in [3.05, 3.63) is 116 Å². The Morgan fingerprint density at radius 3 is 0.597 bits per heavy atom. The average Bonchev–Trinajstić information content (AvgIpc) is 3.33. The predicted molar refractivity (Wildman–Crippen MR) is 273 cm³/mol. The van der Waals surface area contributed by atoms with Crippen molar-refractivity contribution in [2.45, 2.75) is 71.6 Å². The van der Waals surface area contributed by atoms with E-state index in [0.717, 1.165) is 139 Å². The molecule has 0 radical (unpaired) electrons. The van der Waals surface area contributed by atoms with E-state index in [1.54, 1.807) is 56.9 Å². The van der Waals surface area contributed by atoms with Gasteiger partial charge in [0.2, 0.25) is 0 Å². The number of hydrogen-bond donors (Lipinski definition) is 0. The predicted octanol–water partition coefficient (Wildman–Crippen LogP) is 13.2. The normalized spacial score (nSPS) is 11.6. The standard InChI is InChI=1S/C51H62O10.2CH2Cl2/c1-11-13-15-60-50-30-41-21-39-29-47(57-8)37(27-49(39)59-10)19-35-25-43(53-4)33(23-45(35)55-6)17-32-22-44(54-5)34(24-42(32)52-3)18-36-26-48(58-9)38(28-46(36)56-7)20-40(50)31-51(41)61-16-14-12-2;2*2-1-3/h22-31H,11-21H2,1-10H3;2*1H2. The summed E-state index contributed by atoms with van der Waals surface area (Å²) in [5, 5.41) is 0.389. The Kier molecular flexibility index (Phi) is 23.4. The lowest BCUT2D eigenvalue weighted by Crippen LogP contribution is -2.07. The highest BCUT2D eigenvalue weighted by Gasteiger charge is 2.23. The molecule has 0 amide bonds. The van der Waals surface area contributed by atoms with Crippen molar-refractivity contribution < 1.29 is 47.4 Å². The van der Waals surface area contributed by atoms with E-state index in [4.69, 9.17) is 93.8 Å². The van der Waals surface area contributed by atoms with Crippen LogP contribution in [0.1, 0.15) is 95.2 Å². The van der Waals surface area contributed by atoms with Gasteiger partial charge in [0.05, 0.1) is 80.8 Å². The zero-order valence-electron chi connectivity index (χ0n) is 40.6. The molecule has 0 unspecified atom stereocenters. The minimum atomic E-state index is 0.194. The molecule has 0 saturated heterocycles. The second kappa shape index (κ2) is 28.6. The van der Waals surface area contributed by atoms with Crippen LogP contribution in [0.2, 0.25) is 0 Å². The Labute approximate surface area is 417 Å². The number of rotatable bonds is 16. The van der Waals surface area contributed by atoms with E-state index in [1.807, 2.05) is 24.3 Å². The second-order valence-electron chi connectivity index (χ2n) is 15.5. The van der Waals surface area contributed by atoms with Gasteiger partial charge in [0.15, 0.2) is 0 Å². The maximum Gasteiger partial charge on any atom is 0.123 e. The van der Waals surface area contributed by atoms with Gasteiger partial charge in [-0.3, -0.25) is 0 Å². The minimum absolute atomic E-state index is 0.194. The minimum Gasteiger partial charge on any atom is -0.496 e. The van der Waals surface area contributed by atoms with Crippen LogP contribution in [0.4, 0.5) is 0 Å². The van der Waals surface area contributed by atoms with Gasteiger partial charge in [0, 0.05) is 87.7 Å². The highest BCUT2D eigenvalue weighted by molar-refractivity contribution is 6.41. The summed E-state index contributed by atoms with van der Waals surface area (Å²) in [6.07, 6.45) is 6.45. The van der Waals surface area contributed by atoms with E-state index in [2.05, 4.69) is 50.2 Å². The molecule has 0 heterocycles. The van der Waals surface area contributed by atoms with Crippen molar-refractivity contribution >= 4 is 46.4 Å². The van der Waals surface area contributed by atoms with Gasteiger partial charge < -0.3 is 47.4 Å². The Morgan fingerprint density at radius 1 is 0.299 bits per heavy atom. The van der Waals surface area contributed by atoms with E-state index in [9.17, 15) is 0 Å². The van der Waals surface area contributed by atoms with Crippen LogP contribution in [0.15, 0.2) is 60.7 Å². The molecule has 10 nitrogen and oxygen atoms in total. The molecule has 0 fully saturated rings. The third-order valence-electron chi connectivity index (χ3n) is 11.4. The molecule has 10 aliphatic carbocycles. The Morgan fingerprint density at radius 2 is 0.448 bits per heavy atom. The molecule has 366 valence electrons. The Bertz CT molecular complexity index is 2180. The van der Waals surface area contributed by atoms with Gasteiger partial charge in [-0.25, -0.2) is 0 Å². The van der Waals surface area contributed by atoms with Crippen molar-refractivity contribution in [1.29, 1.82) is 0 Å². The molecule has 5 aromatic rings. The maximum absolute atomic E-state index is 6.60. The SMILES string of the molecule is CCCCOc1cc2c(OCCCC)cc1Cc1cc(OC)c(cc1OC)Cc1cc(OC)c(cc1OC)Cc1cc(OC)c(cc1OC)Cc1cc(OC)c(cc1OC)C2.ClCCl.ClCCl. The van der Waals surface area contributed by atoms with Crippen LogP contribution in [0.3, 0.4) is 0 Å². The molecule has 0 spiro atoms. The number of alkyl halides is 4. The molecule has 0 aliphatic heterocycles. The van der Waals surface area contributed by atoms with Gasteiger partial charge >= 0.3 is 0 Å². The summed E-state index contributed by atoms with van der Waals surface area (Å²) in [6, 6.07) is 20.7. The van der Waals surface area contributed by atoms with Gasteiger partial charge in [-0.2, -0.15) is 0 Å². The van der Waals surface area contributed by atoms with Crippen LogP contribution < -0.4 is 47.4 Å². The first-order chi connectivity index (χ1) is 32.6. The van der Waals surface area contributed by atoms with Crippen molar-refractivity contribution in [2.24, 2.45) is 0 Å². The van der Waals surface area contributed by atoms with E-state index >= 15 is 0 Å². The lowest BCUT2D eigenvalue weighted by atomic mass is 9.94. The number of benzene rings is 5. The van der Waals surface area contributed by atoms with Crippen molar-refractivity contribution in [3.8, 4) is 57.5 Å². The molecule has 15 rings (SSSR count). The van der Waals surface area contributed by atoms with Crippen LogP contribution in [0, 0.1) is 0 Å². The number of ether oxygens (including phenoxy) is 10. The summed E-state index contributed by atoms with van der Waals surface area (Å²) in [4.78, 5) is 0. The van der Waals surface area contributed by atoms with Gasteiger partial charge in [-0.15, -0.1) is 46.4 Å². The summed E-state index contributed by atoms with van der Waals surface area (Å²) < 4.78 is 61.7. The van der Waals surface area contributed by atoms with E-state index in [0.29, 0.717) is 45.3 Å². The van der Waals surface area contributed by atoms with E-state index < -0.39 is 0 Å². The van der Waals surface area contributed by atoms with E-state index in [1.165, 1.54) is 0 Å². The zero-order chi connectivity index (χ0) is 48.9. The molecule has 5 aromatic carbocycles. The monoisotopic (exact) mass is 1000 g/mol. The van der Waals surface area contributed by atoms with Crippen LogP contribution >= 0.6 is 46.4 Å². The van der Waals surface area contributed by atoms with Crippen LogP contribution in [0.25, 0.3) is 0 Å². The lowest BCUT2D eigenvalue weighted by molar-refractivity contribution is 0.296. The van der Waals surface area contributed by atoms with Gasteiger partial charge in [-0.05, 0) is 73.5 Å². The number of unbranched alkanes of at least 4 members (excludes halogenated alkanes) is 2. The molecule has 10 aliphatic rings. The highest BCUT2D eigenvalue weighted by atomic mass is 35.5. The molecule has 10 bridgehead atoms. The number of hydrogen-bond acceptors (Lipinski definition) is 10. The first-order valence-electron chi connectivity index (χ1n) is 22.2. The fourth-order valence-corrected chi connectivity index (χ4v) is 8.07. The van der Waals surface area contributed by atoms with Crippen LogP contribution in [0.5, 0.6) is 57.5 Å². The van der Waals surface area contributed by atoms with E-state index in [-0.39, 0.29) is 10.7 Å². The first-order valence-corrected chi connectivity index (χ1v) is 24.3. The van der Waals surface area contributed by atoms with Crippen molar-refractivity contribution in [1.82, 2.24) is 0 Å². The molecule has 0 N–H and O–H groups in total. The quantitative estimate of drug-likeness (QED) is 0.0689. The third-order valence-corrected chi connectivity index (χ3v) is 11.4. The van der Waals surface area contributed by atoms with Gasteiger partial charge in [-0.1, -0.05) is 26.7 Å². The molecular formula is C53H66Cl4O10. The third kappa shape index (κ3) is 14.6. The molecule has 0 aromatic heterocycles. The molecule has 0 saturated carbocycles. The molecular weight excluding hydrogens is 938 g/mol. The van der Waals surface area contributed by atoms with Crippen molar-refractivity contribution in [2.75, 3.05) is 80.8 Å². The Balaban J connectivity index is 0.00000155. The lowest BCUT2D eigenvalue weighted by Gasteiger charge is -2.21. The number of halogens is 4. The zero-order valence-corrected chi connectivity index (χ0v) is 43.6. The maximum atomic E-state index is 6.60. The van der Waals surface area contributed by atoms with Gasteiger partial charge in [0.25, 0.3) is 0 Å². The summed E-state index contributed by atoms with van der Waals surface area (Å²) >= 11 is 19.1. The highest BCUT2D eigenvalue weighted by Crippen LogP contribution is 2.42. The summed E-state index contributed by atoms with van der Waals surface area (Å²) in [5.74, 6) is 7.44. The summed E-state index contributed by atoms with van der Waals surface area (Å²) in [5.41, 5.74) is 9.52. The topological polar surface area (TPSA) is 92.3 Å².